The van der Waals surface area contributed by atoms with E-state index in [1.54, 1.807) is 0 Å². The highest BCUT2D eigenvalue weighted by Crippen LogP contribution is 2.10. The first-order valence-corrected chi connectivity index (χ1v) is 5.37. The lowest BCUT2D eigenvalue weighted by atomic mass is 10.3. The molecule has 88 valence electrons. The van der Waals surface area contributed by atoms with Crippen LogP contribution < -0.4 is 28.5 Å². The largest absolute Gasteiger partial charge is 1.00 e. The van der Waals surface area contributed by atoms with E-state index in [0.717, 1.165) is 19.4 Å². The van der Waals surface area contributed by atoms with Gasteiger partial charge in [-0.25, -0.2) is 9.13 Å². The molecule has 0 saturated heterocycles. The maximum absolute atomic E-state index is 8.75. The van der Waals surface area contributed by atoms with Crippen LogP contribution in [-0.2, 0) is 13.6 Å². The van der Waals surface area contributed by atoms with Crippen molar-refractivity contribution in [3.63, 3.8) is 0 Å². The summed E-state index contributed by atoms with van der Waals surface area (Å²) in [6.07, 6.45) is 4.01. The van der Waals surface area contributed by atoms with Crippen LogP contribution >= 0.6 is 0 Å². The van der Waals surface area contributed by atoms with Crippen molar-refractivity contribution in [2.75, 3.05) is 6.61 Å². The maximum atomic E-state index is 8.75. The van der Waals surface area contributed by atoms with Gasteiger partial charge in [0.25, 0.3) is 0 Å². The van der Waals surface area contributed by atoms with Crippen molar-refractivity contribution in [2.45, 2.75) is 19.4 Å². The molecule has 0 fully saturated rings. The number of hydrogen-bond donors (Lipinski definition) is 1. The first-order chi connectivity index (χ1) is 7.33. The molecule has 2 aromatic rings. The molecule has 0 amide bonds. The Balaban J connectivity index is 0.00000128. The van der Waals surface area contributed by atoms with Crippen LogP contribution in [0.15, 0.2) is 30.6 Å². The smallest absolute Gasteiger partial charge is 0.244 e. The van der Waals surface area contributed by atoms with Crippen LogP contribution in [0.25, 0.3) is 11.0 Å². The number of nitrogens with zero attached hydrogens (tertiary/aromatic N) is 2. The number of halogens is 1. The maximum Gasteiger partial charge on any atom is 0.244 e. The Morgan fingerprint density at radius 2 is 2.00 bits per heavy atom. The van der Waals surface area contributed by atoms with E-state index in [0.29, 0.717) is 0 Å². The van der Waals surface area contributed by atoms with E-state index in [2.05, 4.69) is 46.8 Å². The molecule has 0 bridgehead atoms. The summed E-state index contributed by atoms with van der Waals surface area (Å²) >= 11 is 0. The standard InChI is InChI=1S/C12H17N2O.HI/c1-13-10-14(8-4-5-9-15)12-7-3-2-6-11(12)13;/h2-3,6-7,10,15H,4-5,8-9H2,1H3;1H/q+1;/p-1. The number of aliphatic hydroxyl groups excluding tert-OH is 1. The van der Waals surface area contributed by atoms with Gasteiger partial charge >= 0.3 is 0 Å². The molecular weight excluding hydrogens is 315 g/mol. The monoisotopic (exact) mass is 332 g/mol. The van der Waals surface area contributed by atoms with Crippen LogP contribution in [0.5, 0.6) is 0 Å². The lowest BCUT2D eigenvalue weighted by Crippen LogP contribution is -3.00. The Hall–Kier alpha value is -0.620. The van der Waals surface area contributed by atoms with Gasteiger partial charge in [0.2, 0.25) is 6.33 Å². The van der Waals surface area contributed by atoms with E-state index in [1.165, 1.54) is 11.0 Å². The fourth-order valence-corrected chi connectivity index (χ4v) is 1.91. The molecule has 1 heterocycles. The lowest BCUT2D eigenvalue weighted by Gasteiger charge is -1.95. The molecule has 0 saturated carbocycles. The molecule has 0 spiro atoms. The third-order valence-corrected chi connectivity index (χ3v) is 2.69. The van der Waals surface area contributed by atoms with Crippen molar-refractivity contribution in [1.29, 1.82) is 0 Å². The highest BCUT2D eigenvalue weighted by atomic mass is 127. The first kappa shape index (κ1) is 13.4. The quantitative estimate of drug-likeness (QED) is 0.401. The van der Waals surface area contributed by atoms with Crippen LogP contribution in [0.2, 0.25) is 0 Å². The van der Waals surface area contributed by atoms with Crippen molar-refractivity contribution in [1.82, 2.24) is 4.57 Å². The van der Waals surface area contributed by atoms with Gasteiger partial charge in [-0.2, -0.15) is 0 Å². The lowest BCUT2D eigenvalue weighted by molar-refractivity contribution is -0.645. The van der Waals surface area contributed by atoms with Gasteiger partial charge < -0.3 is 29.1 Å². The van der Waals surface area contributed by atoms with E-state index in [-0.39, 0.29) is 30.6 Å². The minimum absolute atomic E-state index is 0. The summed E-state index contributed by atoms with van der Waals surface area (Å²) in [6, 6.07) is 8.37. The molecule has 2 rings (SSSR count). The number of benzene rings is 1. The van der Waals surface area contributed by atoms with Crippen LogP contribution in [0.4, 0.5) is 0 Å². The summed E-state index contributed by atoms with van der Waals surface area (Å²) in [5, 5.41) is 8.75. The van der Waals surface area contributed by atoms with Crippen LogP contribution in [0.3, 0.4) is 0 Å². The average Bonchev–Trinajstić information content (AvgIpc) is 2.58. The Morgan fingerprint density at radius 1 is 1.25 bits per heavy atom. The summed E-state index contributed by atoms with van der Waals surface area (Å²) in [7, 11) is 2.06. The van der Waals surface area contributed by atoms with Crippen molar-refractivity contribution < 1.29 is 33.7 Å². The molecule has 1 aromatic carbocycles. The van der Waals surface area contributed by atoms with Gasteiger partial charge in [-0.15, -0.1) is 0 Å². The van der Waals surface area contributed by atoms with Gasteiger partial charge in [0.1, 0.15) is 0 Å². The van der Waals surface area contributed by atoms with Crippen molar-refractivity contribution in [3.05, 3.63) is 30.6 Å². The molecular formula is C12H17IN2O. The molecule has 0 aliphatic rings. The zero-order valence-corrected chi connectivity index (χ0v) is 11.6. The Labute approximate surface area is 113 Å². The Morgan fingerprint density at radius 3 is 2.75 bits per heavy atom. The van der Waals surface area contributed by atoms with E-state index in [4.69, 9.17) is 5.11 Å². The van der Waals surface area contributed by atoms with Crippen LogP contribution in [0.1, 0.15) is 12.8 Å². The van der Waals surface area contributed by atoms with Crippen LogP contribution in [0, 0.1) is 0 Å². The number of aryl methyl sites for hydroxylation is 2. The molecule has 16 heavy (non-hydrogen) atoms. The Bertz CT molecular complexity index is 453. The van der Waals surface area contributed by atoms with Gasteiger partial charge in [-0.1, -0.05) is 12.1 Å². The molecule has 1 aromatic heterocycles. The Kier molecular flexibility index (Phi) is 5.21. The van der Waals surface area contributed by atoms with Crippen molar-refractivity contribution >= 4 is 11.0 Å². The van der Waals surface area contributed by atoms with Gasteiger partial charge in [0.15, 0.2) is 11.0 Å². The summed E-state index contributed by atoms with van der Waals surface area (Å²) in [4.78, 5) is 0. The SMILES string of the molecule is C[n+]1cn(CCCCO)c2ccccc21.[I-]. The second kappa shape index (κ2) is 6.20. The predicted molar refractivity (Wildman–Crippen MR) is 59.4 cm³/mol. The number of fused-ring (bicyclic) bond motifs is 1. The third-order valence-electron chi connectivity index (χ3n) is 2.69. The van der Waals surface area contributed by atoms with E-state index < -0.39 is 0 Å². The second-order valence-electron chi connectivity index (χ2n) is 3.84. The molecule has 0 aliphatic carbocycles. The van der Waals surface area contributed by atoms with Gasteiger partial charge in [-0.05, 0) is 25.0 Å². The number of imidazole rings is 1. The first-order valence-electron chi connectivity index (χ1n) is 5.37. The van der Waals surface area contributed by atoms with Gasteiger partial charge in [0.05, 0.1) is 13.6 Å². The number of unbranched alkanes of at least 4 members (excludes halogenated alkanes) is 1. The molecule has 4 heteroatoms. The fourth-order valence-electron chi connectivity index (χ4n) is 1.91. The zero-order chi connectivity index (χ0) is 10.7. The van der Waals surface area contributed by atoms with E-state index in [1.807, 2.05) is 0 Å². The van der Waals surface area contributed by atoms with E-state index >= 15 is 0 Å². The molecule has 3 nitrogen and oxygen atoms in total. The number of aliphatic hydroxyl groups is 1. The van der Waals surface area contributed by atoms with Crippen LogP contribution in [-0.4, -0.2) is 16.3 Å². The van der Waals surface area contributed by atoms with Gasteiger partial charge in [0, 0.05) is 6.61 Å². The average molecular weight is 332 g/mol. The van der Waals surface area contributed by atoms with E-state index in [9.17, 15) is 0 Å². The predicted octanol–water partition coefficient (Wildman–Crippen LogP) is -1.76. The number of rotatable bonds is 4. The number of para-hydroxylation sites is 2. The second-order valence-corrected chi connectivity index (χ2v) is 3.84. The molecule has 0 aliphatic heterocycles. The molecule has 1 N–H and O–H groups in total. The topological polar surface area (TPSA) is 29.0 Å². The number of aromatic nitrogens is 2. The number of hydrogen-bond acceptors (Lipinski definition) is 1. The minimum Gasteiger partial charge on any atom is -1.00 e. The molecule has 0 radical (unpaired) electrons. The van der Waals surface area contributed by atoms with Crippen molar-refractivity contribution in [2.24, 2.45) is 7.05 Å². The summed E-state index contributed by atoms with van der Waals surface area (Å²) in [5.41, 5.74) is 2.51. The summed E-state index contributed by atoms with van der Waals surface area (Å²) < 4.78 is 4.37. The summed E-state index contributed by atoms with van der Waals surface area (Å²) in [5.74, 6) is 0. The highest BCUT2D eigenvalue weighted by molar-refractivity contribution is 5.71. The zero-order valence-electron chi connectivity index (χ0n) is 9.43. The van der Waals surface area contributed by atoms with Crippen molar-refractivity contribution in [3.8, 4) is 0 Å². The molecule has 0 atom stereocenters. The van der Waals surface area contributed by atoms with Gasteiger partial charge in [-0.3, -0.25) is 0 Å². The minimum atomic E-state index is 0. The summed E-state index contributed by atoms with van der Waals surface area (Å²) in [6.45, 7) is 1.26. The molecule has 0 unspecified atom stereocenters. The highest BCUT2D eigenvalue weighted by Gasteiger charge is 2.10. The fraction of sp³-hybridized carbons (Fsp3) is 0.417. The third kappa shape index (κ3) is 2.74. The normalized spacial score (nSPS) is 10.4.